The van der Waals surface area contributed by atoms with Crippen LogP contribution in [0.4, 0.5) is 0 Å². The van der Waals surface area contributed by atoms with Crippen LogP contribution in [0.3, 0.4) is 0 Å². The van der Waals surface area contributed by atoms with Gasteiger partial charge in [-0.3, -0.25) is 4.90 Å². The molecular weight excluding hydrogens is 260 g/mol. The van der Waals surface area contributed by atoms with Gasteiger partial charge in [0.15, 0.2) is 0 Å². The van der Waals surface area contributed by atoms with Gasteiger partial charge in [-0.05, 0) is 50.8 Å². The summed E-state index contributed by atoms with van der Waals surface area (Å²) in [5.41, 5.74) is 7.81. The summed E-state index contributed by atoms with van der Waals surface area (Å²) in [7, 11) is 0. The molecule has 1 aliphatic rings. The highest BCUT2D eigenvalue weighted by molar-refractivity contribution is 5.36. The van der Waals surface area contributed by atoms with E-state index in [0.29, 0.717) is 18.6 Å². The van der Waals surface area contributed by atoms with Crippen LogP contribution in [0.1, 0.15) is 51.6 Å². The molecular formula is C18H30N2O. The lowest BCUT2D eigenvalue weighted by molar-refractivity contribution is 0.195. The topological polar surface area (TPSA) is 38.5 Å². The van der Waals surface area contributed by atoms with Crippen molar-refractivity contribution < 1.29 is 4.74 Å². The Morgan fingerprint density at radius 2 is 2.00 bits per heavy atom. The Morgan fingerprint density at radius 1 is 1.24 bits per heavy atom. The average molecular weight is 290 g/mol. The number of para-hydroxylation sites is 1. The summed E-state index contributed by atoms with van der Waals surface area (Å²) in [5, 5.41) is 0. The number of nitrogens with zero attached hydrogens (tertiary/aromatic N) is 1. The number of likely N-dealkylation sites (tertiary alicyclic amines) is 1. The second-order valence-electron chi connectivity index (χ2n) is 6.78. The zero-order valence-corrected chi connectivity index (χ0v) is 13.8. The quantitative estimate of drug-likeness (QED) is 0.900. The molecule has 3 nitrogen and oxygen atoms in total. The number of rotatable bonds is 5. The molecule has 2 rings (SSSR count). The van der Waals surface area contributed by atoms with Crippen molar-refractivity contribution in [3.8, 4) is 5.75 Å². The first-order valence-electron chi connectivity index (χ1n) is 8.23. The predicted molar refractivity (Wildman–Crippen MR) is 88.6 cm³/mol. The monoisotopic (exact) mass is 290 g/mol. The predicted octanol–water partition coefficient (Wildman–Crippen LogP) is 3.60. The molecule has 0 aromatic heterocycles. The minimum absolute atomic E-state index is 0.265. The van der Waals surface area contributed by atoms with Gasteiger partial charge >= 0.3 is 0 Å². The second-order valence-corrected chi connectivity index (χ2v) is 6.78. The van der Waals surface area contributed by atoms with Crippen LogP contribution in [0, 0.1) is 5.41 Å². The smallest absolute Gasteiger partial charge is 0.124 e. The lowest BCUT2D eigenvalue weighted by Gasteiger charge is -2.31. The highest BCUT2D eigenvalue weighted by Crippen LogP contribution is 2.35. The van der Waals surface area contributed by atoms with Crippen molar-refractivity contribution in [3.63, 3.8) is 0 Å². The lowest BCUT2D eigenvalue weighted by Crippen LogP contribution is -2.35. The van der Waals surface area contributed by atoms with E-state index in [9.17, 15) is 0 Å². The highest BCUT2D eigenvalue weighted by Gasteiger charge is 2.28. The van der Waals surface area contributed by atoms with Crippen LogP contribution < -0.4 is 10.5 Å². The molecule has 0 amide bonds. The number of benzene rings is 1. The minimum Gasteiger partial charge on any atom is -0.494 e. The molecule has 1 saturated heterocycles. The van der Waals surface area contributed by atoms with E-state index in [1.54, 1.807) is 0 Å². The summed E-state index contributed by atoms with van der Waals surface area (Å²) in [6, 6.07) is 8.61. The van der Waals surface area contributed by atoms with Crippen LogP contribution in [-0.2, 0) is 0 Å². The third-order valence-electron chi connectivity index (χ3n) is 4.62. The first kappa shape index (κ1) is 16.3. The van der Waals surface area contributed by atoms with E-state index in [1.807, 2.05) is 13.0 Å². The zero-order valence-electron chi connectivity index (χ0n) is 13.8. The van der Waals surface area contributed by atoms with Gasteiger partial charge in [0, 0.05) is 12.1 Å². The van der Waals surface area contributed by atoms with Crippen molar-refractivity contribution >= 4 is 0 Å². The first-order chi connectivity index (χ1) is 10.1. The van der Waals surface area contributed by atoms with E-state index in [4.69, 9.17) is 10.5 Å². The third-order valence-corrected chi connectivity index (χ3v) is 4.62. The van der Waals surface area contributed by atoms with Crippen molar-refractivity contribution in [1.82, 2.24) is 4.90 Å². The van der Waals surface area contributed by atoms with Crippen molar-refractivity contribution in [2.45, 2.75) is 46.1 Å². The van der Waals surface area contributed by atoms with E-state index in [0.717, 1.165) is 18.8 Å². The van der Waals surface area contributed by atoms with Gasteiger partial charge < -0.3 is 10.5 Å². The van der Waals surface area contributed by atoms with Crippen LogP contribution in [-0.4, -0.2) is 31.1 Å². The molecule has 21 heavy (non-hydrogen) atoms. The summed E-state index contributed by atoms with van der Waals surface area (Å²) in [4.78, 5) is 2.55. The van der Waals surface area contributed by atoms with Gasteiger partial charge in [-0.25, -0.2) is 0 Å². The largest absolute Gasteiger partial charge is 0.494 e. The van der Waals surface area contributed by atoms with E-state index >= 15 is 0 Å². The maximum Gasteiger partial charge on any atom is 0.124 e. The van der Waals surface area contributed by atoms with Gasteiger partial charge in [-0.1, -0.05) is 32.0 Å². The summed E-state index contributed by atoms with van der Waals surface area (Å²) in [5.74, 6) is 0.985. The number of ether oxygens (including phenoxy) is 1. The van der Waals surface area contributed by atoms with Crippen LogP contribution in [0.5, 0.6) is 5.75 Å². The molecule has 2 N–H and O–H groups in total. The molecule has 1 fully saturated rings. The van der Waals surface area contributed by atoms with Gasteiger partial charge in [0.25, 0.3) is 0 Å². The Balaban J connectivity index is 2.19. The standard InChI is InChI=1S/C18H30N2O/c1-4-21-17-9-6-5-8-15(17)16(14-19)20-12-7-10-18(2,3)11-13-20/h5-6,8-9,16H,4,7,10-14,19H2,1-3H3. The summed E-state index contributed by atoms with van der Waals surface area (Å²) in [6.45, 7) is 10.4. The molecule has 1 aromatic carbocycles. The number of hydrogen-bond acceptors (Lipinski definition) is 3. The molecule has 3 heteroatoms. The van der Waals surface area contributed by atoms with E-state index in [-0.39, 0.29) is 6.04 Å². The van der Waals surface area contributed by atoms with E-state index in [1.165, 1.54) is 24.8 Å². The number of nitrogens with two attached hydrogens (primary N) is 1. The Hall–Kier alpha value is -1.06. The minimum atomic E-state index is 0.265. The van der Waals surface area contributed by atoms with Crippen LogP contribution in [0.15, 0.2) is 24.3 Å². The third kappa shape index (κ3) is 4.21. The fourth-order valence-electron chi connectivity index (χ4n) is 3.27. The second kappa shape index (κ2) is 7.28. The molecule has 0 aliphatic carbocycles. The van der Waals surface area contributed by atoms with Crippen molar-refractivity contribution in [1.29, 1.82) is 0 Å². The SMILES string of the molecule is CCOc1ccccc1C(CN)N1CCCC(C)(C)CC1. The van der Waals surface area contributed by atoms with Crippen LogP contribution >= 0.6 is 0 Å². The van der Waals surface area contributed by atoms with Crippen LogP contribution in [0.2, 0.25) is 0 Å². The Bertz CT molecular complexity index is 445. The molecule has 0 spiro atoms. The maximum atomic E-state index is 6.12. The molecule has 1 atom stereocenters. The van der Waals surface area contributed by atoms with Gasteiger partial charge in [0.2, 0.25) is 0 Å². The Labute approximate surface area is 129 Å². The highest BCUT2D eigenvalue weighted by atomic mass is 16.5. The molecule has 1 unspecified atom stereocenters. The summed E-state index contributed by atoms with van der Waals surface area (Å²) < 4.78 is 5.80. The van der Waals surface area contributed by atoms with Gasteiger partial charge in [0.1, 0.15) is 5.75 Å². The van der Waals surface area contributed by atoms with Gasteiger partial charge in [-0.2, -0.15) is 0 Å². The normalized spacial score (nSPS) is 20.8. The lowest BCUT2D eigenvalue weighted by atomic mass is 9.85. The molecule has 118 valence electrons. The Kier molecular flexibility index (Phi) is 5.65. The van der Waals surface area contributed by atoms with Gasteiger partial charge in [0.05, 0.1) is 12.6 Å². The Morgan fingerprint density at radius 3 is 2.71 bits per heavy atom. The molecule has 0 saturated carbocycles. The van der Waals surface area contributed by atoms with E-state index in [2.05, 4.69) is 36.9 Å². The summed E-state index contributed by atoms with van der Waals surface area (Å²) in [6.07, 6.45) is 3.79. The van der Waals surface area contributed by atoms with Crippen molar-refractivity contribution in [2.75, 3.05) is 26.2 Å². The van der Waals surface area contributed by atoms with Crippen LogP contribution in [0.25, 0.3) is 0 Å². The van der Waals surface area contributed by atoms with Crippen molar-refractivity contribution in [2.24, 2.45) is 11.1 Å². The first-order valence-corrected chi connectivity index (χ1v) is 8.23. The van der Waals surface area contributed by atoms with E-state index < -0.39 is 0 Å². The molecule has 1 aromatic rings. The number of hydrogen-bond donors (Lipinski definition) is 1. The van der Waals surface area contributed by atoms with Gasteiger partial charge in [-0.15, -0.1) is 0 Å². The maximum absolute atomic E-state index is 6.12. The molecule has 1 heterocycles. The van der Waals surface area contributed by atoms with Crippen molar-refractivity contribution in [3.05, 3.63) is 29.8 Å². The summed E-state index contributed by atoms with van der Waals surface area (Å²) >= 11 is 0. The fourth-order valence-corrected chi connectivity index (χ4v) is 3.27. The fraction of sp³-hybridized carbons (Fsp3) is 0.667. The zero-order chi connectivity index (χ0) is 15.3. The molecule has 0 bridgehead atoms. The molecule has 1 aliphatic heterocycles. The average Bonchev–Trinajstić information content (AvgIpc) is 2.63. The molecule has 0 radical (unpaired) electrons.